The van der Waals surface area contributed by atoms with Crippen LogP contribution in [0.3, 0.4) is 0 Å². The molecule has 5 heteroatoms. The molecule has 2 atom stereocenters. The molecule has 0 aliphatic rings. The molecule has 24 heavy (non-hydrogen) atoms. The smallest absolute Gasteiger partial charge is 0 e. The van der Waals surface area contributed by atoms with Crippen molar-refractivity contribution in [1.29, 1.82) is 0 Å². The Hall–Kier alpha value is 1.82. The van der Waals surface area contributed by atoms with Crippen molar-refractivity contribution < 1.29 is 61.8 Å². The minimum absolute atomic E-state index is 0. The molecular formula is C19H39N2W3-. The molecule has 0 rings (SSSR count). The van der Waals surface area contributed by atoms with Gasteiger partial charge < -0.3 is 0 Å². The van der Waals surface area contributed by atoms with Crippen LogP contribution in [0.4, 0.5) is 0 Å². The van der Waals surface area contributed by atoms with Crippen LogP contribution in [0.1, 0.15) is 91.4 Å². The van der Waals surface area contributed by atoms with Crippen LogP contribution < -0.4 is 0 Å². The largest absolute Gasteiger partial charge is 0 e. The van der Waals surface area contributed by atoms with E-state index in [1.54, 1.807) is 0 Å². The summed E-state index contributed by atoms with van der Waals surface area (Å²) in [7, 11) is 0. The molecule has 0 aliphatic heterocycles. The zero-order valence-corrected chi connectivity index (χ0v) is 25.0. The molecule has 0 N–H and O–H groups in total. The zero-order valence-electron chi connectivity index (χ0n) is 16.2. The van der Waals surface area contributed by atoms with E-state index in [1.165, 1.54) is 90.3 Å². The van der Waals surface area contributed by atoms with Crippen molar-refractivity contribution in [3.8, 4) is 0 Å². The van der Waals surface area contributed by atoms with Gasteiger partial charge in [-0.2, -0.15) is 0 Å². The molecule has 0 bridgehead atoms. The summed E-state index contributed by atoms with van der Waals surface area (Å²) < 4.78 is 4.27. The van der Waals surface area contributed by atoms with Crippen molar-refractivity contribution in [3.05, 3.63) is 5.32 Å². The molecule has 0 aromatic carbocycles. The second kappa shape index (κ2) is 24.8. The number of unbranched alkanes of at least 4 members (excludes halogenated alkanes) is 6. The predicted octanol–water partition coefficient (Wildman–Crippen LogP) is 6.67. The van der Waals surface area contributed by atoms with Crippen LogP contribution in [0.15, 0.2) is 3.50 Å². The van der Waals surface area contributed by atoms with Gasteiger partial charge in [0.05, 0.1) is 0 Å². The van der Waals surface area contributed by atoms with Crippen LogP contribution >= 0.6 is 0 Å². The van der Waals surface area contributed by atoms with Gasteiger partial charge in [-0.05, 0) is 0 Å². The average molecular weight is 847 g/mol. The Morgan fingerprint density at radius 3 is 1.83 bits per heavy atom. The van der Waals surface area contributed by atoms with Crippen LogP contribution in [0.5, 0.6) is 0 Å². The van der Waals surface area contributed by atoms with E-state index in [2.05, 4.69) is 24.3 Å². The first kappa shape index (κ1) is 30.5. The summed E-state index contributed by atoms with van der Waals surface area (Å²) in [5, 5.41) is 4.70. The maximum absolute atomic E-state index is 4.70. The van der Waals surface area contributed by atoms with Gasteiger partial charge in [-0.15, -0.1) is 0 Å². The van der Waals surface area contributed by atoms with Gasteiger partial charge in [0, 0.05) is 42.1 Å². The molecule has 0 fully saturated rings. The third kappa shape index (κ3) is 21.9. The Labute approximate surface area is 192 Å². The maximum Gasteiger partial charge on any atom is 0 e. The van der Waals surface area contributed by atoms with E-state index in [0.29, 0.717) is 0 Å². The van der Waals surface area contributed by atoms with E-state index >= 15 is 0 Å². The fourth-order valence-electron chi connectivity index (χ4n) is 2.86. The number of hydrogen-bond donors (Lipinski definition) is 0. The van der Waals surface area contributed by atoms with Crippen molar-refractivity contribution in [2.45, 2.75) is 91.4 Å². The molecule has 2 nitrogen and oxygen atoms in total. The average Bonchev–Trinajstić information content (AvgIpc) is 2.52. The number of hydrogen-bond acceptors (Lipinski definition) is 1. The predicted molar refractivity (Wildman–Crippen MR) is 95.2 cm³/mol. The summed E-state index contributed by atoms with van der Waals surface area (Å²) in [4.78, 5) is 0. The second-order valence-corrected chi connectivity index (χ2v) is 7.81. The van der Waals surface area contributed by atoms with Crippen molar-refractivity contribution >= 4 is 0 Å². The third-order valence-corrected chi connectivity index (χ3v) is 5.43. The van der Waals surface area contributed by atoms with E-state index < -0.39 is 0 Å². The zero-order chi connectivity index (χ0) is 16.5. The van der Waals surface area contributed by atoms with Crippen molar-refractivity contribution in [3.63, 3.8) is 0 Å². The van der Waals surface area contributed by atoms with Gasteiger partial charge in [0.25, 0.3) is 0 Å². The van der Waals surface area contributed by atoms with Gasteiger partial charge in [-0.3, -0.25) is 0 Å². The molecule has 0 aromatic rings. The van der Waals surface area contributed by atoms with Crippen molar-refractivity contribution in [1.82, 2.24) is 0 Å². The van der Waals surface area contributed by atoms with E-state index in [-0.39, 0.29) is 42.1 Å². The van der Waals surface area contributed by atoms with E-state index in [0.717, 1.165) is 31.5 Å². The van der Waals surface area contributed by atoms with Crippen LogP contribution in [0, 0.1) is 11.8 Å². The monoisotopic (exact) mass is 847 g/mol. The van der Waals surface area contributed by atoms with Gasteiger partial charge in [0.2, 0.25) is 0 Å². The Bertz CT molecular complexity index is 241. The van der Waals surface area contributed by atoms with Crippen LogP contribution in [0.2, 0.25) is 0 Å². The third-order valence-electron chi connectivity index (χ3n) is 4.78. The Kier molecular flexibility index (Phi) is 31.6. The van der Waals surface area contributed by atoms with Crippen LogP contribution in [-0.4, -0.2) is 19.6 Å². The quantitative estimate of drug-likeness (QED) is 0.147. The fourth-order valence-corrected chi connectivity index (χ4v) is 3.33. The Morgan fingerprint density at radius 2 is 1.25 bits per heavy atom. The molecule has 0 spiro atoms. The minimum Gasteiger partial charge on any atom is 0 e. The van der Waals surface area contributed by atoms with Gasteiger partial charge in [0.1, 0.15) is 0 Å². The van der Waals surface area contributed by atoms with E-state index in [4.69, 9.17) is 5.32 Å². The molecule has 0 aliphatic carbocycles. The fraction of sp³-hybridized carbons (Fsp3) is 1.00. The maximum atomic E-state index is 4.70. The van der Waals surface area contributed by atoms with E-state index in [1.807, 2.05) is 0 Å². The van der Waals surface area contributed by atoms with Crippen LogP contribution in [0.25, 0.3) is 5.32 Å². The summed E-state index contributed by atoms with van der Waals surface area (Å²) in [5.74, 6) is 1.69. The molecule has 2 unspecified atom stereocenters. The van der Waals surface area contributed by atoms with Gasteiger partial charge in [-0.25, -0.2) is 0 Å². The SMILES string of the molecule is CCCCCCCCC[N-]CCCC(C)C(C)CCC[N]=[W].[W].[W]. The summed E-state index contributed by atoms with van der Waals surface area (Å²) in [6.45, 7) is 10.3. The minimum atomic E-state index is 0. The van der Waals surface area contributed by atoms with E-state index in [9.17, 15) is 0 Å². The summed E-state index contributed by atoms with van der Waals surface area (Å²) in [5.41, 5.74) is 0. The van der Waals surface area contributed by atoms with Gasteiger partial charge in [-0.1, -0.05) is 45.4 Å². The first-order valence-corrected chi connectivity index (χ1v) is 11.0. The summed E-state index contributed by atoms with van der Waals surface area (Å²) in [6, 6.07) is 0. The molecule has 0 saturated heterocycles. The molecule has 0 heterocycles. The van der Waals surface area contributed by atoms with Gasteiger partial charge >= 0.3 is 106 Å². The van der Waals surface area contributed by atoms with Crippen molar-refractivity contribution in [2.75, 3.05) is 19.6 Å². The molecule has 144 valence electrons. The van der Waals surface area contributed by atoms with Crippen molar-refractivity contribution in [2.24, 2.45) is 15.3 Å². The van der Waals surface area contributed by atoms with Crippen LogP contribution in [-0.2, 0) is 61.8 Å². The summed E-state index contributed by atoms with van der Waals surface area (Å²) in [6.07, 6.45) is 15.0. The number of nitrogens with zero attached hydrogens (tertiary/aromatic N) is 2. The molecule has 0 amide bonds. The first-order valence-electron chi connectivity index (χ1n) is 9.64. The summed E-state index contributed by atoms with van der Waals surface area (Å²) >= 11 is 1.37. The number of rotatable bonds is 17. The first-order chi connectivity index (χ1) is 10.7. The second-order valence-electron chi connectivity index (χ2n) is 6.88. The standard InChI is InChI=1S/C19H39N2.3W/c1-4-5-6-7-8-9-10-16-21-17-12-14-19(3)18(2)13-11-15-20;;;/h18-19H,4-17H2,1-3H3;;;/q-1;;;. The molecule has 0 radical (unpaired) electrons. The molecule has 0 saturated carbocycles. The normalized spacial score (nSPS) is 12.8. The molecular weight excluding hydrogens is 808 g/mol. The Morgan fingerprint density at radius 1 is 0.750 bits per heavy atom. The topological polar surface area (TPSA) is 26.5 Å². The van der Waals surface area contributed by atoms with Gasteiger partial charge in [0.15, 0.2) is 0 Å². The Balaban J connectivity index is -0.00000220. The molecule has 0 aromatic heterocycles.